The van der Waals surface area contributed by atoms with E-state index in [-0.39, 0.29) is 0 Å². The molecule has 1 aliphatic heterocycles. The van der Waals surface area contributed by atoms with Gasteiger partial charge in [0.15, 0.2) is 0 Å². The highest BCUT2D eigenvalue weighted by atomic mass is 16.5. The van der Waals surface area contributed by atoms with E-state index >= 15 is 0 Å². The van der Waals surface area contributed by atoms with E-state index in [2.05, 4.69) is 10.6 Å². The Morgan fingerprint density at radius 2 is 2.20 bits per heavy atom. The van der Waals surface area contributed by atoms with E-state index < -0.39 is 0 Å². The molecule has 4 heteroatoms. The molecule has 4 rings (SSSR count). The average molecular weight is 271 g/mol. The summed E-state index contributed by atoms with van der Waals surface area (Å²) in [6, 6.07) is 6.10. The molecule has 2 aliphatic rings. The van der Waals surface area contributed by atoms with E-state index in [4.69, 9.17) is 15.5 Å². The van der Waals surface area contributed by atoms with Crippen LogP contribution < -0.4 is 5.73 Å². The highest BCUT2D eigenvalue weighted by Gasteiger charge is 2.29. The number of hydrogen-bond acceptors (Lipinski definition) is 3. The Hall–Kier alpha value is -1.55. The number of anilines is 1. The maximum Gasteiger partial charge on any atom is 0.112 e. The minimum Gasteiger partial charge on any atom is -0.399 e. The summed E-state index contributed by atoms with van der Waals surface area (Å²) in [4.78, 5) is 4.83. The molecule has 1 aliphatic carbocycles. The van der Waals surface area contributed by atoms with Crippen LogP contribution in [0.15, 0.2) is 18.2 Å². The van der Waals surface area contributed by atoms with E-state index in [0.29, 0.717) is 11.8 Å². The summed E-state index contributed by atoms with van der Waals surface area (Å²) in [5, 5.41) is 0. The van der Waals surface area contributed by atoms with Crippen molar-refractivity contribution in [3.63, 3.8) is 0 Å². The zero-order valence-corrected chi connectivity index (χ0v) is 11.7. The quantitative estimate of drug-likeness (QED) is 0.870. The highest BCUT2D eigenvalue weighted by Crippen LogP contribution is 2.41. The number of nitrogens with two attached hydrogens (primary N) is 1. The van der Waals surface area contributed by atoms with Crippen molar-refractivity contribution < 1.29 is 4.74 Å². The van der Waals surface area contributed by atoms with Gasteiger partial charge in [-0.1, -0.05) is 0 Å². The first-order valence-electron chi connectivity index (χ1n) is 7.64. The van der Waals surface area contributed by atoms with Crippen molar-refractivity contribution in [1.82, 2.24) is 9.55 Å². The molecule has 1 aromatic carbocycles. The van der Waals surface area contributed by atoms with Crippen LogP contribution in [-0.2, 0) is 11.3 Å². The molecule has 2 heterocycles. The summed E-state index contributed by atoms with van der Waals surface area (Å²) in [5.41, 5.74) is 8.97. The van der Waals surface area contributed by atoms with Gasteiger partial charge in [0.2, 0.25) is 0 Å². The number of imidazole rings is 1. The summed E-state index contributed by atoms with van der Waals surface area (Å²) in [7, 11) is 0. The molecule has 1 atom stereocenters. The van der Waals surface area contributed by atoms with Gasteiger partial charge in [-0.2, -0.15) is 0 Å². The molecular formula is C16H21N3O. The number of aromatic nitrogens is 2. The molecule has 0 bridgehead atoms. The molecule has 2 aromatic rings. The number of ether oxygens (including phenoxy) is 1. The summed E-state index contributed by atoms with van der Waals surface area (Å²) in [6.45, 7) is 2.92. The number of rotatable bonds is 4. The average Bonchev–Trinajstić information content (AvgIpc) is 3.03. The molecule has 106 valence electrons. The topological polar surface area (TPSA) is 53.1 Å². The van der Waals surface area contributed by atoms with Crippen molar-refractivity contribution in [2.24, 2.45) is 5.92 Å². The van der Waals surface area contributed by atoms with Gasteiger partial charge in [-0.3, -0.25) is 0 Å². The Morgan fingerprint density at radius 3 is 2.95 bits per heavy atom. The van der Waals surface area contributed by atoms with Crippen LogP contribution >= 0.6 is 0 Å². The summed E-state index contributed by atoms with van der Waals surface area (Å²) >= 11 is 0. The maximum absolute atomic E-state index is 5.88. The first kappa shape index (κ1) is 12.2. The number of nitrogens with zero attached hydrogens (tertiary/aromatic N) is 2. The van der Waals surface area contributed by atoms with Crippen LogP contribution in [-0.4, -0.2) is 22.8 Å². The minimum absolute atomic E-state index is 0.670. The van der Waals surface area contributed by atoms with Gasteiger partial charge in [-0.15, -0.1) is 0 Å². The lowest BCUT2D eigenvalue weighted by atomic mass is 10.1. The van der Waals surface area contributed by atoms with Crippen molar-refractivity contribution in [1.29, 1.82) is 0 Å². The Balaban J connectivity index is 1.66. The number of hydrogen-bond donors (Lipinski definition) is 1. The Labute approximate surface area is 118 Å². The van der Waals surface area contributed by atoms with E-state index in [9.17, 15) is 0 Å². The lowest BCUT2D eigenvalue weighted by Crippen LogP contribution is -2.08. The minimum atomic E-state index is 0.670. The summed E-state index contributed by atoms with van der Waals surface area (Å²) < 4.78 is 7.90. The molecule has 0 spiro atoms. The van der Waals surface area contributed by atoms with E-state index in [1.165, 1.54) is 37.0 Å². The molecule has 0 amide bonds. The Morgan fingerprint density at radius 1 is 1.30 bits per heavy atom. The van der Waals surface area contributed by atoms with E-state index in [0.717, 1.165) is 31.0 Å². The fourth-order valence-corrected chi connectivity index (χ4v) is 3.18. The van der Waals surface area contributed by atoms with Crippen LogP contribution in [0, 0.1) is 5.92 Å². The highest BCUT2D eigenvalue weighted by molar-refractivity contribution is 5.79. The van der Waals surface area contributed by atoms with Gasteiger partial charge in [-0.25, -0.2) is 4.98 Å². The van der Waals surface area contributed by atoms with Gasteiger partial charge in [-0.05, 0) is 49.8 Å². The lowest BCUT2D eigenvalue weighted by molar-refractivity contribution is 0.183. The molecule has 1 saturated heterocycles. The molecule has 1 aromatic heterocycles. The van der Waals surface area contributed by atoms with Gasteiger partial charge in [0, 0.05) is 31.4 Å². The normalized spacial score (nSPS) is 22.7. The number of fused-ring (bicyclic) bond motifs is 1. The van der Waals surface area contributed by atoms with Crippen molar-refractivity contribution in [2.75, 3.05) is 18.9 Å². The molecule has 20 heavy (non-hydrogen) atoms. The second kappa shape index (κ2) is 4.77. The SMILES string of the molecule is Nc1ccc2c(c1)nc(C1CC1)n2CCC1CCOC1. The standard InChI is InChI=1S/C16H21N3O/c17-13-3-4-15-14(9-13)18-16(12-1-2-12)19(15)7-5-11-6-8-20-10-11/h3-4,9,11-12H,1-2,5-8,10,17H2. The van der Waals surface area contributed by atoms with E-state index in [1.54, 1.807) is 0 Å². The van der Waals surface area contributed by atoms with E-state index in [1.807, 2.05) is 12.1 Å². The van der Waals surface area contributed by atoms with Gasteiger partial charge in [0.05, 0.1) is 11.0 Å². The predicted octanol–water partition coefficient (Wildman–Crippen LogP) is 2.92. The van der Waals surface area contributed by atoms with Gasteiger partial charge in [0.1, 0.15) is 5.82 Å². The van der Waals surface area contributed by atoms with Crippen LogP contribution in [0.1, 0.15) is 37.4 Å². The predicted molar refractivity (Wildman–Crippen MR) is 79.7 cm³/mol. The molecular weight excluding hydrogens is 250 g/mol. The molecule has 1 unspecified atom stereocenters. The van der Waals surface area contributed by atoms with Gasteiger partial charge in [0.25, 0.3) is 0 Å². The molecule has 0 radical (unpaired) electrons. The smallest absolute Gasteiger partial charge is 0.112 e. The fraction of sp³-hybridized carbons (Fsp3) is 0.562. The summed E-state index contributed by atoms with van der Waals surface area (Å²) in [5.74, 6) is 2.65. The third kappa shape index (κ3) is 2.18. The first-order valence-corrected chi connectivity index (χ1v) is 7.64. The zero-order valence-electron chi connectivity index (χ0n) is 11.7. The van der Waals surface area contributed by atoms with Crippen molar-refractivity contribution in [2.45, 2.75) is 38.1 Å². The zero-order chi connectivity index (χ0) is 13.5. The van der Waals surface area contributed by atoms with Crippen molar-refractivity contribution in [3.05, 3.63) is 24.0 Å². The van der Waals surface area contributed by atoms with Crippen LogP contribution in [0.5, 0.6) is 0 Å². The number of benzene rings is 1. The number of nitrogen functional groups attached to an aromatic ring is 1. The third-order valence-electron chi connectivity index (χ3n) is 4.53. The Bertz CT molecular complexity index is 624. The fourth-order valence-electron chi connectivity index (χ4n) is 3.18. The van der Waals surface area contributed by atoms with Gasteiger partial charge >= 0.3 is 0 Å². The third-order valence-corrected chi connectivity index (χ3v) is 4.53. The Kier molecular flexibility index (Phi) is 2.91. The van der Waals surface area contributed by atoms with Crippen molar-refractivity contribution >= 4 is 16.7 Å². The summed E-state index contributed by atoms with van der Waals surface area (Å²) in [6.07, 6.45) is 4.96. The van der Waals surface area contributed by atoms with Crippen LogP contribution in [0.4, 0.5) is 5.69 Å². The first-order chi connectivity index (χ1) is 9.81. The number of aryl methyl sites for hydroxylation is 1. The molecule has 2 fully saturated rings. The molecule has 1 saturated carbocycles. The second-order valence-electron chi connectivity index (χ2n) is 6.16. The van der Waals surface area contributed by atoms with Gasteiger partial charge < -0.3 is 15.0 Å². The van der Waals surface area contributed by atoms with Crippen molar-refractivity contribution in [3.8, 4) is 0 Å². The maximum atomic E-state index is 5.88. The lowest BCUT2D eigenvalue weighted by Gasteiger charge is -2.12. The second-order valence-corrected chi connectivity index (χ2v) is 6.16. The van der Waals surface area contributed by atoms with Crippen LogP contribution in [0.25, 0.3) is 11.0 Å². The molecule has 4 nitrogen and oxygen atoms in total. The van der Waals surface area contributed by atoms with Crippen LogP contribution in [0.3, 0.4) is 0 Å². The molecule has 2 N–H and O–H groups in total. The van der Waals surface area contributed by atoms with Crippen LogP contribution in [0.2, 0.25) is 0 Å². The monoisotopic (exact) mass is 271 g/mol. The largest absolute Gasteiger partial charge is 0.399 e.